The summed E-state index contributed by atoms with van der Waals surface area (Å²) in [6.45, 7) is 3.27. The van der Waals surface area contributed by atoms with Crippen molar-refractivity contribution in [3.05, 3.63) is 83.4 Å². The third kappa shape index (κ3) is 4.00. The summed E-state index contributed by atoms with van der Waals surface area (Å²) < 4.78 is 2.16. The molecule has 0 spiro atoms. The molecular weight excluding hydrogens is 342 g/mol. The molecule has 3 heterocycles. The second kappa shape index (κ2) is 8.07. The zero-order valence-corrected chi connectivity index (χ0v) is 15.6. The Morgan fingerprint density at radius 2 is 1.77 bits per heavy atom. The first-order valence-electron chi connectivity index (χ1n) is 9.33. The van der Waals surface area contributed by atoms with Crippen molar-refractivity contribution < 1.29 is 0 Å². The zero-order chi connectivity index (χ0) is 17.8. The predicted octanol–water partition coefficient (Wildman–Crippen LogP) is 4.98. The summed E-state index contributed by atoms with van der Waals surface area (Å²) >= 11 is 6.28. The van der Waals surface area contributed by atoms with Crippen LogP contribution in [0, 0.1) is 5.92 Å². The molecule has 0 bridgehead atoms. The third-order valence-corrected chi connectivity index (χ3v) is 5.58. The van der Waals surface area contributed by atoms with Gasteiger partial charge in [-0.3, -0.25) is 4.90 Å². The first-order valence-corrected chi connectivity index (χ1v) is 9.71. The minimum Gasteiger partial charge on any atom is -0.317 e. The molecule has 1 aliphatic heterocycles. The Morgan fingerprint density at radius 1 is 0.962 bits per heavy atom. The van der Waals surface area contributed by atoms with Gasteiger partial charge in [0.25, 0.3) is 0 Å². The molecule has 4 rings (SSSR count). The molecule has 0 N–H and O–H groups in total. The average molecular weight is 366 g/mol. The van der Waals surface area contributed by atoms with Crippen molar-refractivity contribution in [2.45, 2.75) is 25.8 Å². The van der Waals surface area contributed by atoms with Crippen molar-refractivity contribution in [1.82, 2.24) is 14.5 Å². The maximum absolute atomic E-state index is 6.28. The molecule has 0 atom stereocenters. The summed E-state index contributed by atoms with van der Waals surface area (Å²) in [4.78, 5) is 6.76. The van der Waals surface area contributed by atoms with Crippen LogP contribution in [0.25, 0.3) is 5.69 Å². The fourth-order valence-electron chi connectivity index (χ4n) is 3.86. The maximum Gasteiger partial charge on any atom is 0.152 e. The fourth-order valence-corrected chi connectivity index (χ4v) is 4.07. The fraction of sp³-hybridized carbons (Fsp3) is 0.318. The van der Waals surface area contributed by atoms with E-state index in [4.69, 9.17) is 11.6 Å². The zero-order valence-electron chi connectivity index (χ0n) is 14.9. The summed E-state index contributed by atoms with van der Waals surface area (Å²) in [5.41, 5.74) is 3.68. The van der Waals surface area contributed by atoms with Gasteiger partial charge in [0.2, 0.25) is 0 Å². The molecular formula is C22H24ClN3. The van der Waals surface area contributed by atoms with E-state index in [1.165, 1.54) is 30.5 Å². The average Bonchev–Trinajstić information content (AvgIpc) is 3.12. The van der Waals surface area contributed by atoms with Crippen molar-refractivity contribution in [3.8, 4) is 5.69 Å². The molecule has 134 valence electrons. The lowest BCUT2D eigenvalue weighted by Crippen LogP contribution is -2.34. The number of rotatable bonds is 5. The van der Waals surface area contributed by atoms with Crippen LogP contribution in [0.3, 0.4) is 0 Å². The second-order valence-corrected chi connectivity index (χ2v) is 7.45. The van der Waals surface area contributed by atoms with Crippen molar-refractivity contribution in [2.24, 2.45) is 5.92 Å². The monoisotopic (exact) mass is 365 g/mol. The molecule has 0 radical (unpaired) electrons. The molecule has 2 aromatic heterocycles. The third-order valence-electron chi connectivity index (χ3n) is 5.29. The van der Waals surface area contributed by atoms with Crippen molar-refractivity contribution >= 4 is 11.6 Å². The van der Waals surface area contributed by atoms with E-state index in [2.05, 4.69) is 63.1 Å². The number of pyridine rings is 1. The first-order chi connectivity index (χ1) is 12.8. The van der Waals surface area contributed by atoms with Gasteiger partial charge in [0.05, 0.1) is 5.69 Å². The summed E-state index contributed by atoms with van der Waals surface area (Å²) in [5, 5.41) is 0.548. The highest BCUT2D eigenvalue weighted by atomic mass is 35.5. The standard InChI is InChI=1S/C22H24ClN3/c23-22-21(9-4-12-24-22)26-13-5-8-20(26)17-25-14-10-19(11-15-25)16-18-6-2-1-3-7-18/h1-9,12-13,19H,10-11,14-17H2. The Balaban J connectivity index is 1.37. The van der Waals surface area contributed by atoms with E-state index in [1.807, 2.05) is 12.1 Å². The van der Waals surface area contributed by atoms with Gasteiger partial charge in [-0.05, 0) is 68.1 Å². The predicted molar refractivity (Wildman–Crippen MR) is 107 cm³/mol. The topological polar surface area (TPSA) is 21.1 Å². The minimum absolute atomic E-state index is 0.548. The van der Waals surface area contributed by atoms with Crippen LogP contribution in [-0.2, 0) is 13.0 Å². The van der Waals surface area contributed by atoms with Gasteiger partial charge in [0.15, 0.2) is 5.15 Å². The number of aromatic nitrogens is 2. The molecule has 1 aromatic carbocycles. The molecule has 0 aliphatic carbocycles. The largest absolute Gasteiger partial charge is 0.317 e. The molecule has 1 fully saturated rings. The van der Waals surface area contributed by atoms with Gasteiger partial charge < -0.3 is 4.57 Å². The second-order valence-electron chi connectivity index (χ2n) is 7.09. The van der Waals surface area contributed by atoms with Crippen LogP contribution in [0.4, 0.5) is 0 Å². The number of hydrogen-bond acceptors (Lipinski definition) is 2. The molecule has 1 saturated heterocycles. The van der Waals surface area contributed by atoms with Gasteiger partial charge >= 0.3 is 0 Å². The number of likely N-dealkylation sites (tertiary alicyclic amines) is 1. The van der Waals surface area contributed by atoms with Gasteiger partial charge in [-0.1, -0.05) is 41.9 Å². The van der Waals surface area contributed by atoms with Crippen LogP contribution in [0.2, 0.25) is 5.15 Å². The maximum atomic E-state index is 6.28. The Labute approximate surface area is 160 Å². The highest BCUT2D eigenvalue weighted by Gasteiger charge is 2.20. The summed E-state index contributed by atoms with van der Waals surface area (Å²) in [5.74, 6) is 0.799. The lowest BCUT2D eigenvalue weighted by Gasteiger charge is -2.32. The Morgan fingerprint density at radius 3 is 2.54 bits per heavy atom. The van der Waals surface area contributed by atoms with Crippen LogP contribution in [0.5, 0.6) is 0 Å². The van der Waals surface area contributed by atoms with Gasteiger partial charge in [0.1, 0.15) is 0 Å². The van der Waals surface area contributed by atoms with Crippen LogP contribution in [0.15, 0.2) is 67.0 Å². The molecule has 0 amide bonds. The molecule has 4 heteroatoms. The van der Waals surface area contributed by atoms with Crippen molar-refractivity contribution in [2.75, 3.05) is 13.1 Å². The lowest BCUT2D eigenvalue weighted by atomic mass is 9.90. The van der Waals surface area contributed by atoms with Crippen LogP contribution < -0.4 is 0 Å². The van der Waals surface area contributed by atoms with Crippen LogP contribution >= 0.6 is 11.6 Å². The van der Waals surface area contributed by atoms with Gasteiger partial charge in [-0.2, -0.15) is 0 Å². The normalized spacial score (nSPS) is 16.0. The smallest absolute Gasteiger partial charge is 0.152 e. The lowest BCUT2D eigenvalue weighted by molar-refractivity contribution is 0.174. The molecule has 3 aromatic rings. The molecule has 0 saturated carbocycles. The highest BCUT2D eigenvalue weighted by Crippen LogP contribution is 2.25. The Bertz CT molecular complexity index is 835. The van der Waals surface area contributed by atoms with E-state index in [0.29, 0.717) is 5.15 Å². The van der Waals surface area contributed by atoms with Crippen LogP contribution in [0.1, 0.15) is 24.1 Å². The SMILES string of the molecule is Clc1ncccc1-n1cccc1CN1CCC(Cc2ccccc2)CC1. The van der Waals surface area contributed by atoms with E-state index < -0.39 is 0 Å². The minimum atomic E-state index is 0.548. The van der Waals surface area contributed by atoms with E-state index in [1.54, 1.807) is 6.20 Å². The number of halogens is 1. The molecule has 3 nitrogen and oxygen atoms in total. The number of benzene rings is 1. The summed E-state index contributed by atoms with van der Waals surface area (Å²) in [6, 6.07) is 19.1. The van der Waals surface area contributed by atoms with Crippen LogP contribution in [-0.4, -0.2) is 27.5 Å². The molecule has 1 aliphatic rings. The number of nitrogens with zero attached hydrogens (tertiary/aromatic N) is 3. The summed E-state index contributed by atoms with van der Waals surface area (Å²) in [6.07, 6.45) is 7.54. The van der Waals surface area contributed by atoms with E-state index >= 15 is 0 Å². The van der Waals surface area contributed by atoms with Gasteiger partial charge in [0, 0.05) is 24.6 Å². The molecule has 0 unspecified atom stereocenters. The first kappa shape index (κ1) is 17.3. The van der Waals surface area contributed by atoms with E-state index in [-0.39, 0.29) is 0 Å². The molecule has 26 heavy (non-hydrogen) atoms. The number of piperidine rings is 1. The quantitative estimate of drug-likeness (QED) is 0.594. The van der Waals surface area contributed by atoms with E-state index in [9.17, 15) is 0 Å². The van der Waals surface area contributed by atoms with Gasteiger partial charge in [-0.25, -0.2) is 4.98 Å². The Hall–Kier alpha value is -2.10. The van der Waals surface area contributed by atoms with Crippen molar-refractivity contribution in [3.63, 3.8) is 0 Å². The summed E-state index contributed by atoms with van der Waals surface area (Å²) in [7, 11) is 0. The van der Waals surface area contributed by atoms with Crippen molar-refractivity contribution in [1.29, 1.82) is 0 Å². The highest BCUT2D eigenvalue weighted by molar-refractivity contribution is 6.31. The van der Waals surface area contributed by atoms with Gasteiger partial charge in [-0.15, -0.1) is 0 Å². The van der Waals surface area contributed by atoms with E-state index in [0.717, 1.165) is 31.2 Å². The number of hydrogen-bond donors (Lipinski definition) is 0. The Kier molecular flexibility index (Phi) is 5.37.